The second-order valence-electron chi connectivity index (χ2n) is 8.50. The molecule has 1 aliphatic heterocycles. The first kappa shape index (κ1) is 28.2. The number of nitrogens with one attached hydrogen (secondary N) is 1. The summed E-state index contributed by atoms with van der Waals surface area (Å²) in [6, 6.07) is 2.58. The van der Waals surface area contributed by atoms with E-state index in [1.54, 1.807) is 10.6 Å². The standard InChI is InChI=1S/C22H34FN3O4S2.ClH/c1-4-13-32(28,29)26-11-9-25(10-12-26)22(7-5-6-8-22)16-24-21(27)20-18(30-2)14-17(23)15-19(20)31-3;/h14-15H,4-13,16H2,1-3H3,(H,24,27);1H. The van der Waals surface area contributed by atoms with Gasteiger partial charge in [-0.2, -0.15) is 4.31 Å². The number of nitrogens with zero attached hydrogens (tertiary/aromatic N) is 2. The minimum Gasteiger partial charge on any atom is -0.496 e. The first-order chi connectivity index (χ1) is 15.3. The first-order valence-corrected chi connectivity index (χ1v) is 14.0. The number of thioether (sulfide) groups is 1. The third-order valence-electron chi connectivity index (χ3n) is 6.57. The van der Waals surface area contributed by atoms with Crippen LogP contribution in [0.4, 0.5) is 4.39 Å². The van der Waals surface area contributed by atoms with Gasteiger partial charge in [0.2, 0.25) is 10.0 Å². The Kier molecular flexibility index (Phi) is 10.3. The van der Waals surface area contributed by atoms with Crippen molar-refractivity contribution in [2.24, 2.45) is 0 Å². The molecule has 188 valence electrons. The van der Waals surface area contributed by atoms with Gasteiger partial charge in [-0.15, -0.1) is 24.2 Å². The highest BCUT2D eigenvalue weighted by molar-refractivity contribution is 7.98. The summed E-state index contributed by atoms with van der Waals surface area (Å²) in [5, 5.41) is 3.08. The highest BCUT2D eigenvalue weighted by atomic mass is 35.5. The number of hydrogen-bond acceptors (Lipinski definition) is 6. The molecule has 1 aliphatic carbocycles. The van der Waals surface area contributed by atoms with Crippen LogP contribution in [0.2, 0.25) is 0 Å². The average molecular weight is 524 g/mol. The summed E-state index contributed by atoms with van der Waals surface area (Å²) in [4.78, 5) is 16.0. The van der Waals surface area contributed by atoms with Crippen molar-refractivity contribution >= 4 is 40.1 Å². The van der Waals surface area contributed by atoms with Crippen LogP contribution in [-0.4, -0.2) is 80.9 Å². The Morgan fingerprint density at radius 1 is 1.21 bits per heavy atom. The summed E-state index contributed by atoms with van der Waals surface area (Å²) < 4.78 is 45.6. The molecule has 0 aromatic heterocycles. The quantitative estimate of drug-likeness (QED) is 0.500. The van der Waals surface area contributed by atoms with Gasteiger partial charge >= 0.3 is 0 Å². The second-order valence-corrected chi connectivity index (χ2v) is 11.4. The number of methoxy groups -OCH3 is 1. The third-order valence-corrected chi connectivity index (χ3v) is 9.41. The number of benzene rings is 1. The predicted molar refractivity (Wildman–Crippen MR) is 133 cm³/mol. The fourth-order valence-corrected chi connectivity index (χ4v) is 7.02. The van der Waals surface area contributed by atoms with E-state index in [1.165, 1.54) is 31.0 Å². The molecule has 1 aromatic carbocycles. The maximum absolute atomic E-state index is 13.9. The normalized spacial score (nSPS) is 19.2. The number of hydrogen-bond donors (Lipinski definition) is 1. The molecule has 0 bridgehead atoms. The van der Waals surface area contributed by atoms with Crippen LogP contribution in [-0.2, 0) is 10.0 Å². The average Bonchev–Trinajstić information content (AvgIpc) is 3.27. The van der Waals surface area contributed by atoms with E-state index in [-0.39, 0.29) is 35.4 Å². The van der Waals surface area contributed by atoms with Crippen LogP contribution >= 0.6 is 24.2 Å². The molecule has 3 rings (SSSR count). The Morgan fingerprint density at radius 2 is 1.85 bits per heavy atom. The van der Waals surface area contributed by atoms with Crippen molar-refractivity contribution in [2.45, 2.75) is 49.5 Å². The Bertz CT molecular complexity index is 893. The van der Waals surface area contributed by atoms with Gasteiger partial charge in [0.05, 0.1) is 18.4 Å². The first-order valence-electron chi connectivity index (χ1n) is 11.2. The monoisotopic (exact) mass is 523 g/mol. The second kappa shape index (κ2) is 12.1. The van der Waals surface area contributed by atoms with E-state index in [0.717, 1.165) is 25.7 Å². The van der Waals surface area contributed by atoms with Gasteiger partial charge in [0.15, 0.2) is 0 Å². The smallest absolute Gasteiger partial charge is 0.256 e. The van der Waals surface area contributed by atoms with Crippen LogP contribution in [0.1, 0.15) is 49.4 Å². The lowest BCUT2D eigenvalue weighted by Gasteiger charge is -2.45. The van der Waals surface area contributed by atoms with E-state index in [2.05, 4.69) is 10.2 Å². The number of halogens is 2. The number of amides is 1. The van der Waals surface area contributed by atoms with Crippen molar-refractivity contribution in [1.29, 1.82) is 0 Å². The van der Waals surface area contributed by atoms with Crippen LogP contribution in [0.3, 0.4) is 0 Å². The maximum Gasteiger partial charge on any atom is 0.256 e. The Morgan fingerprint density at radius 3 is 2.39 bits per heavy atom. The van der Waals surface area contributed by atoms with Gasteiger partial charge in [0.25, 0.3) is 5.91 Å². The van der Waals surface area contributed by atoms with E-state index < -0.39 is 15.8 Å². The molecule has 7 nitrogen and oxygen atoms in total. The molecule has 0 atom stereocenters. The fraction of sp³-hybridized carbons (Fsp3) is 0.682. The van der Waals surface area contributed by atoms with Crippen molar-refractivity contribution in [3.63, 3.8) is 0 Å². The van der Waals surface area contributed by atoms with Gasteiger partial charge in [-0.05, 0) is 31.6 Å². The summed E-state index contributed by atoms with van der Waals surface area (Å²) in [7, 11) is -1.76. The largest absolute Gasteiger partial charge is 0.496 e. The molecule has 1 N–H and O–H groups in total. The van der Waals surface area contributed by atoms with Gasteiger partial charge in [0.1, 0.15) is 11.6 Å². The molecule has 1 heterocycles. The van der Waals surface area contributed by atoms with E-state index in [0.29, 0.717) is 49.6 Å². The summed E-state index contributed by atoms with van der Waals surface area (Å²) in [5.41, 5.74) is 0.174. The van der Waals surface area contributed by atoms with Crippen molar-refractivity contribution < 1.29 is 22.3 Å². The predicted octanol–water partition coefficient (Wildman–Crippen LogP) is 3.38. The van der Waals surface area contributed by atoms with Crippen LogP contribution in [0.25, 0.3) is 0 Å². The molecule has 2 aliphatic rings. The van der Waals surface area contributed by atoms with Crippen LogP contribution in [0, 0.1) is 5.82 Å². The Hall–Kier alpha value is -1.07. The molecule has 33 heavy (non-hydrogen) atoms. The van der Waals surface area contributed by atoms with Crippen LogP contribution in [0.15, 0.2) is 17.0 Å². The van der Waals surface area contributed by atoms with E-state index in [4.69, 9.17) is 4.74 Å². The van der Waals surface area contributed by atoms with Crippen molar-refractivity contribution in [3.05, 3.63) is 23.5 Å². The lowest BCUT2D eigenvalue weighted by Crippen LogP contribution is -2.60. The summed E-state index contributed by atoms with van der Waals surface area (Å²) in [6.45, 7) is 4.65. The number of carbonyl (C=O) groups is 1. The minimum atomic E-state index is -3.19. The van der Waals surface area contributed by atoms with Crippen LogP contribution < -0.4 is 10.1 Å². The molecular formula is C22H35ClFN3O4S2. The molecule has 2 fully saturated rings. The topological polar surface area (TPSA) is 79.0 Å². The Balaban J connectivity index is 0.00000385. The molecule has 1 aromatic rings. The molecule has 0 unspecified atom stereocenters. The molecule has 0 spiro atoms. The lowest BCUT2D eigenvalue weighted by atomic mass is 9.93. The number of piperazine rings is 1. The van der Waals surface area contributed by atoms with Crippen molar-refractivity contribution in [2.75, 3.05) is 51.8 Å². The molecule has 11 heteroatoms. The van der Waals surface area contributed by atoms with E-state index in [1.807, 2.05) is 6.92 Å². The summed E-state index contributed by atoms with van der Waals surface area (Å²) in [5.74, 6) is -0.305. The molecule has 1 amide bonds. The van der Waals surface area contributed by atoms with E-state index >= 15 is 0 Å². The fourth-order valence-electron chi connectivity index (χ4n) is 4.90. The molecular weight excluding hydrogens is 489 g/mol. The Labute approximate surface area is 207 Å². The maximum atomic E-state index is 13.9. The lowest BCUT2D eigenvalue weighted by molar-refractivity contribution is 0.0539. The third kappa shape index (κ3) is 6.33. The van der Waals surface area contributed by atoms with Gasteiger partial charge in [-0.25, -0.2) is 12.8 Å². The number of ether oxygens (including phenoxy) is 1. The van der Waals surface area contributed by atoms with Gasteiger partial charge < -0.3 is 10.1 Å². The van der Waals surface area contributed by atoms with Gasteiger partial charge in [-0.1, -0.05) is 19.8 Å². The number of rotatable bonds is 9. The van der Waals surface area contributed by atoms with Crippen molar-refractivity contribution in [3.8, 4) is 5.75 Å². The molecule has 1 saturated heterocycles. The highest BCUT2D eigenvalue weighted by Crippen LogP contribution is 2.36. The number of carbonyl (C=O) groups excluding carboxylic acids is 1. The van der Waals surface area contributed by atoms with E-state index in [9.17, 15) is 17.6 Å². The summed E-state index contributed by atoms with van der Waals surface area (Å²) in [6.07, 6.45) is 6.51. The van der Waals surface area contributed by atoms with Gasteiger partial charge in [0, 0.05) is 49.2 Å². The van der Waals surface area contributed by atoms with Crippen LogP contribution in [0.5, 0.6) is 5.75 Å². The molecule has 0 radical (unpaired) electrons. The number of sulfonamides is 1. The van der Waals surface area contributed by atoms with Crippen molar-refractivity contribution in [1.82, 2.24) is 14.5 Å². The zero-order chi connectivity index (χ0) is 23.4. The SMILES string of the molecule is CCCS(=O)(=O)N1CCN(C2(CNC(=O)c3c(OC)cc(F)cc3SC)CCCC2)CC1.Cl. The minimum absolute atomic E-state index is 0. The van der Waals surface area contributed by atoms with Gasteiger partial charge in [-0.3, -0.25) is 9.69 Å². The summed E-state index contributed by atoms with van der Waals surface area (Å²) >= 11 is 1.31. The zero-order valence-corrected chi connectivity index (χ0v) is 22.0. The highest BCUT2D eigenvalue weighted by Gasteiger charge is 2.42. The zero-order valence-electron chi connectivity index (χ0n) is 19.6. The molecule has 1 saturated carbocycles.